The van der Waals surface area contributed by atoms with E-state index in [1.807, 2.05) is 18.7 Å². The molecule has 2 atom stereocenters. The van der Waals surface area contributed by atoms with E-state index >= 15 is 0 Å². The monoisotopic (exact) mass is 541 g/mol. The molecular weight excluding hydrogens is 515 g/mol. The van der Waals surface area contributed by atoms with Gasteiger partial charge in [0.25, 0.3) is 6.43 Å². The topological polar surface area (TPSA) is 113 Å². The van der Waals surface area contributed by atoms with Crippen molar-refractivity contribution in [1.29, 1.82) is 0 Å². The third kappa shape index (κ3) is 4.91. The normalized spacial score (nSPS) is 21.9. The molecular formula is C22H26F3N7O2S2. The van der Waals surface area contributed by atoms with Crippen LogP contribution in [0.25, 0.3) is 21.6 Å². The Morgan fingerprint density at radius 3 is 2.64 bits per heavy atom. The molecule has 0 spiro atoms. The molecule has 5 rings (SSSR count). The van der Waals surface area contributed by atoms with Crippen LogP contribution in [-0.4, -0.2) is 66.0 Å². The fraction of sp³-hybridized carbons (Fsp3) is 0.545. The Morgan fingerprint density at radius 1 is 1.25 bits per heavy atom. The van der Waals surface area contributed by atoms with Gasteiger partial charge in [0.15, 0.2) is 10.0 Å². The van der Waals surface area contributed by atoms with Gasteiger partial charge in [-0.25, -0.2) is 36.3 Å². The number of sulfonamides is 1. The van der Waals surface area contributed by atoms with Crippen molar-refractivity contribution >= 4 is 38.0 Å². The third-order valence-corrected chi connectivity index (χ3v) is 8.92. The number of halogens is 3. The van der Waals surface area contributed by atoms with Crippen LogP contribution < -0.4 is 14.9 Å². The SMILES string of the molecule is Cc1nc(-c2nnc(C(F)F)s2)c2cc(S(=O)(=O)NC3(C)CC3)cc(N3C[C@H](CF)N[C@@H](C)C3)c2n1. The van der Waals surface area contributed by atoms with Crippen LogP contribution >= 0.6 is 11.3 Å². The van der Waals surface area contributed by atoms with Gasteiger partial charge < -0.3 is 10.2 Å². The summed E-state index contributed by atoms with van der Waals surface area (Å²) in [6.45, 7) is 5.63. The number of rotatable bonds is 7. The molecule has 3 aromatic rings. The Morgan fingerprint density at radius 2 is 2.00 bits per heavy atom. The first-order valence-corrected chi connectivity index (χ1v) is 13.8. The average Bonchev–Trinajstić information content (AvgIpc) is 3.31. The summed E-state index contributed by atoms with van der Waals surface area (Å²) < 4.78 is 69.6. The van der Waals surface area contributed by atoms with Crippen molar-refractivity contribution in [3.63, 3.8) is 0 Å². The van der Waals surface area contributed by atoms with E-state index in [9.17, 15) is 21.6 Å². The Balaban J connectivity index is 1.73. The van der Waals surface area contributed by atoms with E-state index in [-0.39, 0.29) is 21.6 Å². The Kier molecular flexibility index (Phi) is 6.42. The van der Waals surface area contributed by atoms with E-state index in [0.29, 0.717) is 46.8 Å². The maximum Gasteiger partial charge on any atom is 0.291 e. The number of benzene rings is 1. The number of hydrogen-bond donors (Lipinski definition) is 2. The van der Waals surface area contributed by atoms with Gasteiger partial charge in [-0.3, -0.25) is 0 Å². The molecule has 2 fully saturated rings. The molecule has 14 heteroatoms. The molecule has 0 unspecified atom stereocenters. The first kappa shape index (κ1) is 25.2. The largest absolute Gasteiger partial charge is 0.367 e. The second-order valence-electron chi connectivity index (χ2n) is 9.69. The molecule has 194 valence electrons. The number of alkyl halides is 3. The fourth-order valence-electron chi connectivity index (χ4n) is 4.42. The molecule has 1 saturated heterocycles. The van der Waals surface area contributed by atoms with E-state index in [0.717, 1.165) is 12.8 Å². The standard InChI is InChI=1S/C22H26F3N7O2S2/c1-11-9-32(10-13(8-23)26-11)16-7-14(36(33,34)31-22(3)4-5-22)6-15-17(16)27-12(2)28-18(15)20-29-30-21(35-20)19(24)25/h6-7,11,13,19,26,31H,4-5,8-10H2,1-3H3/t11-,13-/m0/s1. The minimum absolute atomic E-state index is 0.00610. The van der Waals surface area contributed by atoms with Gasteiger partial charge in [0.05, 0.1) is 22.1 Å². The number of nitrogens with zero attached hydrogens (tertiary/aromatic N) is 5. The van der Waals surface area contributed by atoms with Crippen molar-refractivity contribution in [2.24, 2.45) is 0 Å². The highest BCUT2D eigenvalue weighted by atomic mass is 32.2. The van der Waals surface area contributed by atoms with Gasteiger partial charge >= 0.3 is 0 Å². The van der Waals surface area contributed by atoms with Gasteiger partial charge in [-0.1, -0.05) is 11.3 Å². The molecule has 1 saturated carbocycles. The van der Waals surface area contributed by atoms with Crippen LogP contribution in [0.15, 0.2) is 17.0 Å². The van der Waals surface area contributed by atoms with Crippen molar-refractivity contribution in [2.45, 2.75) is 62.6 Å². The van der Waals surface area contributed by atoms with E-state index in [2.05, 4.69) is 30.2 Å². The van der Waals surface area contributed by atoms with Crippen LogP contribution in [0.4, 0.5) is 18.9 Å². The molecule has 9 nitrogen and oxygen atoms in total. The Bertz CT molecular complexity index is 1410. The number of piperazine rings is 1. The lowest BCUT2D eigenvalue weighted by atomic mass is 10.1. The lowest BCUT2D eigenvalue weighted by Gasteiger charge is -2.38. The number of aryl methyl sites for hydroxylation is 1. The Labute approximate surface area is 210 Å². The summed E-state index contributed by atoms with van der Waals surface area (Å²) in [5, 5.41) is 10.7. The summed E-state index contributed by atoms with van der Waals surface area (Å²) in [7, 11) is -3.93. The first-order chi connectivity index (χ1) is 17.0. The van der Waals surface area contributed by atoms with Gasteiger partial charge in [-0.05, 0) is 45.7 Å². The molecule has 2 aliphatic rings. The van der Waals surface area contributed by atoms with Gasteiger partial charge in [0.1, 0.15) is 18.2 Å². The predicted octanol–water partition coefficient (Wildman–Crippen LogP) is 3.36. The van der Waals surface area contributed by atoms with Crippen molar-refractivity contribution in [3.8, 4) is 10.7 Å². The first-order valence-electron chi connectivity index (χ1n) is 11.5. The highest BCUT2D eigenvalue weighted by Gasteiger charge is 2.41. The van der Waals surface area contributed by atoms with Crippen molar-refractivity contribution < 1.29 is 21.6 Å². The lowest BCUT2D eigenvalue weighted by Crippen LogP contribution is -2.56. The van der Waals surface area contributed by atoms with Crippen LogP contribution in [0.5, 0.6) is 0 Å². The zero-order valence-corrected chi connectivity index (χ0v) is 21.6. The maximum atomic E-state index is 13.6. The van der Waals surface area contributed by atoms with Crippen molar-refractivity contribution in [1.82, 2.24) is 30.2 Å². The summed E-state index contributed by atoms with van der Waals surface area (Å²) in [5.74, 6) is 0.358. The average molecular weight is 542 g/mol. The minimum Gasteiger partial charge on any atom is -0.367 e. The van der Waals surface area contributed by atoms with E-state index in [4.69, 9.17) is 0 Å². The quantitative estimate of drug-likeness (QED) is 0.468. The lowest BCUT2D eigenvalue weighted by molar-refractivity contribution is 0.150. The summed E-state index contributed by atoms with van der Waals surface area (Å²) in [4.78, 5) is 10.9. The molecule has 0 radical (unpaired) electrons. The van der Waals surface area contributed by atoms with Gasteiger partial charge in [0, 0.05) is 30.1 Å². The second kappa shape index (κ2) is 9.15. The number of fused-ring (bicyclic) bond motifs is 1. The highest BCUT2D eigenvalue weighted by molar-refractivity contribution is 7.89. The fourth-order valence-corrected chi connectivity index (χ4v) is 6.63. The van der Waals surface area contributed by atoms with Crippen molar-refractivity contribution in [3.05, 3.63) is 23.0 Å². The van der Waals surface area contributed by atoms with E-state index in [1.165, 1.54) is 6.07 Å². The molecule has 2 aromatic heterocycles. The van der Waals surface area contributed by atoms with Crippen LogP contribution in [0.2, 0.25) is 0 Å². The van der Waals surface area contributed by atoms with E-state index < -0.39 is 39.7 Å². The zero-order chi connectivity index (χ0) is 25.8. The number of aromatic nitrogens is 4. The molecule has 3 heterocycles. The minimum atomic E-state index is -3.93. The molecule has 0 bridgehead atoms. The molecule has 1 aliphatic carbocycles. The van der Waals surface area contributed by atoms with Crippen LogP contribution in [0.1, 0.15) is 43.9 Å². The summed E-state index contributed by atoms with van der Waals surface area (Å²) in [6.07, 6.45) is -1.33. The number of nitrogens with one attached hydrogen (secondary N) is 2. The predicted molar refractivity (Wildman–Crippen MR) is 131 cm³/mol. The van der Waals surface area contributed by atoms with Gasteiger partial charge in [-0.15, -0.1) is 10.2 Å². The second-order valence-corrected chi connectivity index (χ2v) is 12.4. The molecule has 0 amide bonds. The smallest absolute Gasteiger partial charge is 0.291 e. The Hall–Kier alpha value is -2.42. The molecule has 36 heavy (non-hydrogen) atoms. The van der Waals surface area contributed by atoms with Crippen molar-refractivity contribution in [2.75, 3.05) is 24.7 Å². The van der Waals surface area contributed by atoms with E-state index in [1.54, 1.807) is 13.0 Å². The molecule has 2 N–H and O–H groups in total. The van der Waals surface area contributed by atoms with Gasteiger partial charge in [0.2, 0.25) is 10.0 Å². The maximum absolute atomic E-state index is 13.6. The third-order valence-electron chi connectivity index (χ3n) is 6.37. The summed E-state index contributed by atoms with van der Waals surface area (Å²) in [6, 6.07) is 2.50. The van der Waals surface area contributed by atoms with Crippen LogP contribution in [0, 0.1) is 6.92 Å². The zero-order valence-electron chi connectivity index (χ0n) is 19.9. The molecule has 1 aromatic carbocycles. The van der Waals surface area contributed by atoms with Crippen LogP contribution in [0.3, 0.4) is 0 Å². The number of anilines is 1. The van der Waals surface area contributed by atoms with Crippen LogP contribution in [-0.2, 0) is 10.0 Å². The number of hydrogen-bond acceptors (Lipinski definition) is 9. The summed E-state index contributed by atoms with van der Waals surface area (Å²) >= 11 is 0.696. The van der Waals surface area contributed by atoms with Gasteiger partial charge in [-0.2, -0.15) is 0 Å². The summed E-state index contributed by atoms with van der Waals surface area (Å²) in [5.41, 5.74) is 0.665. The highest BCUT2D eigenvalue weighted by Crippen LogP contribution is 2.39. The molecule has 1 aliphatic heterocycles.